The third-order valence-electron chi connectivity index (χ3n) is 3.32. The summed E-state index contributed by atoms with van der Waals surface area (Å²) in [5.41, 5.74) is 0.925. The van der Waals surface area contributed by atoms with Crippen molar-refractivity contribution in [2.75, 3.05) is 26.2 Å². The number of hydrogen-bond donors (Lipinski definition) is 1. The van der Waals surface area contributed by atoms with Gasteiger partial charge in [0.05, 0.1) is 4.91 Å². The summed E-state index contributed by atoms with van der Waals surface area (Å²) in [5.74, 6) is 0.0155. The summed E-state index contributed by atoms with van der Waals surface area (Å²) in [5, 5.41) is 0. The third-order valence-corrected chi connectivity index (χ3v) is 4.69. The number of rotatable bonds is 6. The molecule has 1 amide bonds. The van der Waals surface area contributed by atoms with Crippen LogP contribution >= 0.6 is 24.0 Å². The minimum atomic E-state index is 0.0155. The van der Waals surface area contributed by atoms with Gasteiger partial charge in [0.2, 0.25) is 0 Å². The SMILES string of the molecule is CCN(CC)CCN1C(=O)/C(=C\c2ccc[nH]2)SC1=S. The molecular formula is C14H19N3OS2. The standard InChI is InChI=1S/C14H19N3OS2/c1-3-16(4-2)8-9-17-13(18)12(20-14(17)19)10-11-6-5-7-15-11/h5-7,10,15H,3-4,8-9H2,1-2H3/b12-10+. The first-order valence-corrected chi connectivity index (χ1v) is 7.99. The fraction of sp³-hybridized carbons (Fsp3) is 0.429. The highest BCUT2D eigenvalue weighted by Crippen LogP contribution is 2.32. The Morgan fingerprint density at radius 1 is 1.45 bits per heavy atom. The van der Waals surface area contributed by atoms with Crippen molar-refractivity contribution in [2.45, 2.75) is 13.8 Å². The highest BCUT2D eigenvalue weighted by Gasteiger charge is 2.31. The van der Waals surface area contributed by atoms with Crippen LogP contribution < -0.4 is 0 Å². The normalized spacial score (nSPS) is 17.8. The van der Waals surface area contributed by atoms with Gasteiger partial charge in [-0.25, -0.2) is 0 Å². The number of nitrogens with one attached hydrogen (secondary N) is 1. The molecule has 0 aromatic carbocycles. The van der Waals surface area contributed by atoms with E-state index in [-0.39, 0.29) is 5.91 Å². The molecule has 4 nitrogen and oxygen atoms in total. The van der Waals surface area contributed by atoms with Crippen molar-refractivity contribution < 1.29 is 4.79 Å². The van der Waals surface area contributed by atoms with Crippen molar-refractivity contribution in [1.82, 2.24) is 14.8 Å². The lowest BCUT2D eigenvalue weighted by atomic mass is 10.3. The van der Waals surface area contributed by atoms with Crippen LogP contribution in [0.4, 0.5) is 0 Å². The van der Waals surface area contributed by atoms with Gasteiger partial charge >= 0.3 is 0 Å². The molecule has 1 fully saturated rings. The lowest BCUT2D eigenvalue weighted by molar-refractivity contribution is -0.122. The fourth-order valence-electron chi connectivity index (χ4n) is 2.05. The number of hydrogen-bond acceptors (Lipinski definition) is 4. The van der Waals surface area contributed by atoms with E-state index in [9.17, 15) is 4.79 Å². The predicted octanol–water partition coefficient (Wildman–Crippen LogP) is 2.56. The molecule has 2 rings (SSSR count). The number of thiocarbonyl (C=S) groups is 1. The van der Waals surface area contributed by atoms with E-state index in [4.69, 9.17) is 12.2 Å². The first-order chi connectivity index (χ1) is 9.65. The second kappa shape index (κ2) is 7.06. The van der Waals surface area contributed by atoms with Crippen LogP contribution in [-0.2, 0) is 4.79 Å². The van der Waals surface area contributed by atoms with Gasteiger partial charge in [-0.15, -0.1) is 0 Å². The van der Waals surface area contributed by atoms with Gasteiger partial charge < -0.3 is 9.88 Å². The quantitative estimate of drug-likeness (QED) is 0.647. The van der Waals surface area contributed by atoms with E-state index < -0.39 is 0 Å². The van der Waals surface area contributed by atoms with Gasteiger partial charge in [-0.05, 0) is 31.3 Å². The third kappa shape index (κ3) is 3.50. The number of aromatic nitrogens is 1. The van der Waals surface area contributed by atoms with E-state index in [1.54, 1.807) is 4.90 Å². The van der Waals surface area contributed by atoms with E-state index >= 15 is 0 Å². The van der Waals surface area contributed by atoms with Gasteiger partial charge in [0.15, 0.2) is 0 Å². The van der Waals surface area contributed by atoms with Crippen molar-refractivity contribution in [3.05, 3.63) is 28.9 Å². The van der Waals surface area contributed by atoms with Gasteiger partial charge in [-0.3, -0.25) is 9.69 Å². The minimum Gasteiger partial charge on any atom is -0.362 e. The van der Waals surface area contributed by atoms with Gasteiger partial charge in [0.25, 0.3) is 5.91 Å². The Balaban J connectivity index is 2.02. The highest BCUT2D eigenvalue weighted by atomic mass is 32.2. The second-order valence-corrected chi connectivity index (χ2v) is 6.16. The van der Waals surface area contributed by atoms with E-state index in [1.807, 2.05) is 24.4 Å². The smallest absolute Gasteiger partial charge is 0.266 e. The molecule has 0 atom stereocenters. The molecule has 20 heavy (non-hydrogen) atoms. The van der Waals surface area contributed by atoms with Crippen LogP contribution in [0, 0.1) is 0 Å². The zero-order chi connectivity index (χ0) is 14.5. The molecule has 0 saturated carbocycles. The largest absolute Gasteiger partial charge is 0.362 e. The van der Waals surface area contributed by atoms with Crippen molar-refractivity contribution in [1.29, 1.82) is 0 Å². The molecule has 6 heteroatoms. The molecule has 0 unspecified atom stereocenters. The van der Waals surface area contributed by atoms with Crippen molar-refractivity contribution >= 4 is 40.3 Å². The summed E-state index contributed by atoms with van der Waals surface area (Å²) in [6, 6.07) is 3.84. The average Bonchev–Trinajstić information content (AvgIpc) is 3.03. The maximum absolute atomic E-state index is 12.3. The van der Waals surface area contributed by atoms with Crippen molar-refractivity contribution in [3.63, 3.8) is 0 Å². The van der Waals surface area contributed by atoms with Crippen LogP contribution in [0.3, 0.4) is 0 Å². The minimum absolute atomic E-state index is 0.0155. The number of amides is 1. The number of carbonyl (C=O) groups is 1. The van der Waals surface area contributed by atoms with Gasteiger partial charge in [-0.1, -0.05) is 37.8 Å². The number of H-pyrrole nitrogens is 1. The Labute approximate surface area is 129 Å². The summed E-state index contributed by atoms with van der Waals surface area (Å²) in [4.78, 5) is 20.1. The highest BCUT2D eigenvalue weighted by molar-refractivity contribution is 8.26. The summed E-state index contributed by atoms with van der Waals surface area (Å²) < 4.78 is 0.653. The lowest BCUT2D eigenvalue weighted by Gasteiger charge is -2.21. The Hall–Kier alpha value is -1.11. The molecule has 0 aliphatic carbocycles. The summed E-state index contributed by atoms with van der Waals surface area (Å²) >= 11 is 6.69. The van der Waals surface area contributed by atoms with Crippen LogP contribution in [0.2, 0.25) is 0 Å². The van der Waals surface area contributed by atoms with Crippen LogP contribution in [0.1, 0.15) is 19.5 Å². The molecule has 2 heterocycles. The monoisotopic (exact) mass is 309 g/mol. The Morgan fingerprint density at radius 2 is 2.20 bits per heavy atom. The van der Waals surface area contributed by atoms with E-state index in [0.717, 1.165) is 25.3 Å². The Morgan fingerprint density at radius 3 is 2.80 bits per heavy atom. The predicted molar refractivity (Wildman–Crippen MR) is 88.5 cm³/mol. The molecule has 1 aliphatic heterocycles. The molecule has 0 spiro atoms. The molecule has 1 aromatic heterocycles. The van der Waals surface area contributed by atoms with E-state index in [0.29, 0.717) is 15.8 Å². The molecule has 0 bridgehead atoms. The maximum atomic E-state index is 12.3. The Kier molecular flexibility index (Phi) is 5.39. The number of carbonyl (C=O) groups excluding carboxylic acids is 1. The number of aromatic amines is 1. The summed E-state index contributed by atoms with van der Waals surface area (Å²) in [6.07, 6.45) is 3.70. The topological polar surface area (TPSA) is 39.3 Å². The van der Waals surface area contributed by atoms with E-state index in [1.165, 1.54) is 11.8 Å². The van der Waals surface area contributed by atoms with Crippen LogP contribution in [-0.4, -0.2) is 51.2 Å². The summed E-state index contributed by atoms with van der Waals surface area (Å²) in [6.45, 7) is 7.74. The van der Waals surface area contributed by atoms with Crippen LogP contribution in [0.25, 0.3) is 6.08 Å². The average molecular weight is 309 g/mol. The number of nitrogens with zero attached hydrogens (tertiary/aromatic N) is 2. The van der Waals surface area contributed by atoms with E-state index in [2.05, 4.69) is 23.7 Å². The molecule has 1 aliphatic rings. The molecule has 1 N–H and O–H groups in total. The number of likely N-dealkylation sites (N-methyl/N-ethyl adjacent to an activating group) is 1. The number of thioether (sulfide) groups is 1. The molecular weight excluding hydrogens is 290 g/mol. The molecule has 0 radical (unpaired) electrons. The summed E-state index contributed by atoms with van der Waals surface area (Å²) in [7, 11) is 0. The zero-order valence-corrected chi connectivity index (χ0v) is 13.4. The first kappa shape index (κ1) is 15.3. The maximum Gasteiger partial charge on any atom is 0.266 e. The zero-order valence-electron chi connectivity index (χ0n) is 11.8. The van der Waals surface area contributed by atoms with Crippen LogP contribution in [0.15, 0.2) is 23.2 Å². The van der Waals surface area contributed by atoms with Gasteiger partial charge in [-0.2, -0.15) is 0 Å². The van der Waals surface area contributed by atoms with Crippen molar-refractivity contribution in [2.24, 2.45) is 0 Å². The second-order valence-electron chi connectivity index (χ2n) is 4.49. The van der Waals surface area contributed by atoms with Gasteiger partial charge in [0.1, 0.15) is 4.32 Å². The fourth-order valence-corrected chi connectivity index (χ4v) is 3.35. The van der Waals surface area contributed by atoms with Crippen LogP contribution in [0.5, 0.6) is 0 Å². The molecule has 1 saturated heterocycles. The molecule has 108 valence electrons. The molecule has 1 aromatic rings. The Bertz CT molecular complexity index is 506. The van der Waals surface area contributed by atoms with Gasteiger partial charge in [0, 0.05) is 25.0 Å². The first-order valence-electron chi connectivity index (χ1n) is 6.76. The lowest BCUT2D eigenvalue weighted by Crippen LogP contribution is -2.37. The van der Waals surface area contributed by atoms with Crippen molar-refractivity contribution in [3.8, 4) is 0 Å².